The van der Waals surface area contributed by atoms with E-state index < -0.39 is 0 Å². The van der Waals surface area contributed by atoms with Gasteiger partial charge in [0.15, 0.2) is 0 Å². The van der Waals surface area contributed by atoms with Crippen LogP contribution >= 0.6 is 0 Å². The van der Waals surface area contributed by atoms with Gasteiger partial charge in [0.25, 0.3) is 0 Å². The maximum atomic E-state index is 3.12. The summed E-state index contributed by atoms with van der Waals surface area (Å²) in [4.78, 5) is 15.6. The molecule has 0 spiro atoms. The van der Waals surface area contributed by atoms with Crippen molar-refractivity contribution in [1.82, 2.24) is 24.9 Å². The fourth-order valence-electron chi connectivity index (χ4n) is 4.98. The van der Waals surface area contributed by atoms with Gasteiger partial charge in [-0.25, -0.2) is 0 Å². The van der Waals surface area contributed by atoms with E-state index in [9.17, 15) is 0 Å². The summed E-state index contributed by atoms with van der Waals surface area (Å²) in [6.07, 6.45) is 9.75. The van der Waals surface area contributed by atoms with Crippen molar-refractivity contribution in [2.75, 3.05) is 0 Å². The number of hydrogen-bond acceptors (Lipinski definition) is 0. The number of nitrogens with one attached hydrogen (secondary N) is 5. The fourth-order valence-corrected chi connectivity index (χ4v) is 4.98. The molecule has 10 rings (SSSR count). The minimum atomic E-state index is 1.21. The number of fused-ring (bicyclic) bond motifs is 5. The summed E-state index contributed by atoms with van der Waals surface area (Å²) in [5.41, 5.74) is 6.03. The number of benzene rings is 5. The van der Waals surface area contributed by atoms with Gasteiger partial charge in [-0.2, -0.15) is 0 Å². The largest absolute Gasteiger partial charge is 0.361 e. The lowest BCUT2D eigenvalue weighted by Gasteiger charge is -1.83. The molecular formula is C40H35N5. The van der Waals surface area contributed by atoms with Gasteiger partial charge in [0.1, 0.15) is 0 Å². The van der Waals surface area contributed by atoms with Crippen LogP contribution in [0.5, 0.6) is 0 Å². The van der Waals surface area contributed by atoms with Crippen LogP contribution in [-0.2, 0) is 0 Å². The number of para-hydroxylation sites is 5. The van der Waals surface area contributed by atoms with Crippen LogP contribution in [-0.4, -0.2) is 24.9 Å². The van der Waals surface area contributed by atoms with Gasteiger partial charge in [0.05, 0.1) is 0 Å². The van der Waals surface area contributed by atoms with Crippen LogP contribution in [0.1, 0.15) is 0 Å². The maximum absolute atomic E-state index is 3.12. The summed E-state index contributed by atoms with van der Waals surface area (Å²) in [5.74, 6) is 0. The zero-order valence-electron chi connectivity index (χ0n) is 24.8. The molecule has 220 valence electrons. The van der Waals surface area contributed by atoms with Crippen molar-refractivity contribution in [2.24, 2.45) is 0 Å². The first-order valence-electron chi connectivity index (χ1n) is 14.9. The number of rotatable bonds is 0. The molecule has 5 aromatic heterocycles. The number of hydrogen-bond donors (Lipinski definition) is 5. The van der Waals surface area contributed by atoms with Crippen LogP contribution in [0.4, 0.5) is 0 Å². The lowest BCUT2D eigenvalue weighted by atomic mass is 10.3. The molecule has 0 aliphatic rings. The standard InChI is InChI=1S/5C8H7N/c5*1-2-4-8-7(3-1)5-6-9-8/h5*1-6,9H. The van der Waals surface area contributed by atoms with Crippen molar-refractivity contribution in [1.29, 1.82) is 0 Å². The van der Waals surface area contributed by atoms with Gasteiger partial charge < -0.3 is 24.9 Å². The monoisotopic (exact) mass is 585 g/mol. The molecule has 0 atom stereocenters. The van der Waals surface area contributed by atoms with Crippen LogP contribution < -0.4 is 0 Å². The van der Waals surface area contributed by atoms with Crippen molar-refractivity contribution in [3.8, 4) is 0 Å². The summed E-state index contributed by atoms with van der Waals surface area (Å²) < 4.78 is 0. The molecule has 0 fully saturated rings. The van der Waals surface area contributed by atoms with Gasteiger partial charge in [0, 0.05) is 58.6 Å². The third kappa shape index (κ3) is 7.80. The van der Waals surface area contributed by atoms with E-state index in [0.29, 0.717) is 0 Å². The van der Waals surface area contributed by atoms with E-state index in [4.69, 9.17) is 0 Å². The highest BCUT2D eigenvalue weighted by molar-refractivity contribution is 5.81. The number of aromatic amines is 5. The molecule has 10 aromatic rings. The quantitative estimate of drug-likeness (QED) is 0.117. The van der Waals surface area contributed by atoms with Crippen LogP contribution in [0.25, 0.3) is 54.5 Å². The average Bonchev–Trinajstić information content (AvgIpc) is 3.95. The molecule has 0 amide bonds. The molecule has 5 nitrogen and oxygen atoms in total. The molecule has 0 aliphatic heterocycles. The normalized spacial score (nSPS) is 10.2. The second-order valence-corrected chi connectivity index (χ2v) is 10.3. The maximum Gasteiger partial charge on any atom is 0.0453 e. The average molecular weight is 586 g/mol. The van der Waals surface area contributed by atoms with Gasteiger partial charge in [-0.3, -0.25) is 0 Å². The Hall–Kier alpha value is -6.20. The lowest BCUT2D eigenvalue weighted by Crippen LogP contribution is -1.61. The molecular weight excluding hydrogens is 550 g/mol. The topological polar surface area (TPSA) is 78.9 Å². The highest BCUT2D eigenvalue weighted by Gasteiger charge is 1.89. The molecule has 5 heteroatoms. The van der Waals surface area contributed by atoms with Gasteiger partial charge >= 0.3 is 0 Å². The van der Waals surface area contributed by atoms with Crippen molar-refractivity contribution in [3.63, 3.8) is 0 Å². The predicted molar refractivity (Wildman–Crippen MR) is 191 cm³/mol. The van der Waals surface area contributed by atoms with Crippen LogP contribution in [0, 0.1) is 0 Å². The Morgan fingerprint density at radius 2 is 0.378 bits per heavy atom. The number of aromatic nitrogens is 5. The Kier molecular flexibility index (Phi) is 9.51. The van der Waals surface area contributed by atoms with Crippen LogP contribution in [0.2, 0.25) is 0 Å². The van der Waals surface area contributed by atoms with E-state index in [1.807, 2.05) is 91.6 Å². The van der Waals surface area contributed by atoms with E-state index in [-0.39, 0.29) is 0 Å². The second-order valence-electron chi connectivity index (χ2n) is 10.3. The second kappa shape index (κ2) is 14.8. The van der Waals surface area contributed by atoms with E-state index in [1.165, 1.54) is 54.5 Å². The van der Waals surface area contributed by atoms with Crippen LogP contribution in [0.3, 0.4) is 0 Å². The molecule has 0 saturated heterocycles. The summed E-state index contributed by atoms with van der Waals surface area (Å²) in [7, 11) is 0. The molecule has 0 bridgehead atoms. The molecule has 0 saturated carbocycles. The highest BCUT2D eigenvalue weighted by Crippen LogP contribution is 2.12. The van der Waals surface area contributed by atoms with E-state index in [0.717, 1.165) is 0 Å². The third-order valence-corrected chi connectivity index (χ3v) is 7.31. The fraction of sp³-hybridized carbons (Fsp3) is 0. The summed E-state index contributed by atoms with van der Waals surface area (Å²) in [6.45, 7) is 0. The minimum Gasteiger partial charge on any atom is -0.361 e. The van der Waals surface area contributed by atoms with Gasteiger partial charge in [-0.15, -0.1) is 0 Å². The summed E-state index contributed by atoms with van der Waals surface area (Å²) >= 11 is 0. The highest BCUT2D eigenvalue weighted by atomic mass is 14.7. The zero-order chi connectivity index (χ0) is 30.5. The SMILES string of the molecule is c1ccc2[nH]ccc2c1.c1ccc2[nH]ccc2c1.c1ccc2[nH]ccc2c1.c1ccc2[nH]ccc2c1.c1ccc2[nH]ccc2c1. The minimum absolute atomic E-state index is 1.21. The summed E-state index contributed by atoms with van der Waals surface area (Å²) in [5, 5.41) is 6.38. The molecule has 5 aromatic carbocycles. The zero-order valence-corrected chi connectivity index (χ0v) is 24.8. The third-order valence-electron chi connectivity index (χ3n) is 7.31. The lowest BCUT2D eigenvalue weighted by molar-refractivity contribution is 1.48. The van der Waals surface area contributed by atoms with Gasteiger partial charge in [0.2, 0.25) is 0 Å². The molecule has 45 heavy (non-hydrogen) atoms. The van der Waals surface area contributed by atoms with E-state index in [1.54, 1.807) is 0 Å². The Morgan fingerprint density at radius 3 is 0.556 bits per heavy atom. The molecule has 5 heterocycles. The van der Waals surface area contributed by atoms with Crippen molar-refractivity contribution in [3.05, 3.63) is 183 Å². The molecule has 0 unspecified atom stereocenters. The molecule has 0 radical (unpaired) electrons. The van der Waals surface area contributed by atoms with Crippen molar-refractivity contribution in [2.45, 2.75) is 0 Å². The van der Waals surface area contributed by atoms with Crippen LogP contribution in [0.15, 0.2) is 183 Å². The van der Waals surface area contributed by atoms with E-state index >= 15 is 0 Å². The van der Waals surface area contributed by atoms with Crippen molar-refractivity contribution < 1.29 is 0 Å². The van der Waals surface area contributed by atoms with E-state index in [2.05, 4.69) is 116 Å². The number of H-pyrrole nitrogens is 5. The van der Waals surface area contributed by atoms with Gasteiger partial charge in [-0.05, 0) is 87.6 Å². The Morgan fingerprint density at radius 1 is 0.200 bits per heavy atom. The first-order valence-corrected chi connectivity index (χ1v) is 14.9. The Labute approximate surface area is 261 Å². The van der Waals surface area contributed by atoms with Crippen molar-refractivity contribution >= 4 is 54.5 Å². The molecule has 5 N–H and O–H groups in total. The Bertz CT molecular complexity index is 1780. The smallest absolute Gasteiger partial charge is 0.0453 e. The first-order chi connectivity index (χ1) is 22.3. The molecule has 0 aliphatic carbocycles. The Balaban J connectivity index is 0.0000000992. The summed E-state index contributed by atoms with van der Waals surface area (Å²) in [6, 6.07) is 51.4. The predicted octanol–water partition coefficient (Wildman–Crippen LogP) is 10.8. The first kappa shape index (κ1) is 28.9. The van der Waals surface area contributed by atoms with Gasteiger partial charge in [-0.1, -0.05) is 91.0 Å².